The number of hydrogen-bond acceptors (Lipinski definition) is 4. The molecule has 0 radical (unpaired) electrons. The highest BCUT2D eigenvalue weighted by Gasteiger charge is 2.34. The quantitative estimate of drug-likeness (QED) is 0.774. The molecule has 2 aliphatic heterocycles. The van der Waals surface area contributed by atoms with Crippen LogP contribution in [0.5, 0.6) is 5.75 Å². The Hall–Kier alpha value is -2.05. The van der Waals surface area contributed by atoms with Gasteiger partial charge >= 0.3 is 0 Å². The summed E-state index contributed by atoms with van der Waals surface area (Å²) < 4.78 is 7.63. The van der Waals surface area contributed by atoms with Gasteiger partial charge in [0.15, 0.2) is 11.4 Å². The number of ether oxygens (including phenoxy) is 1. The number of carbonyl (C=O) groups excluding carboxylic acids is 1. The van der Waals surface area contributed by atoms with Crippen molar-refractivity contribution in [3.8, 4) is 11.4 Å². The highest BCUT2D eigenvalue weighted by molar-refractivity contribution is 5.95. The fourth-order valence-electron chi connectivity index (χ4n) is 4.02. The topological polar surface area (TPSA) is 68.2 Å². The predicted molar refractivity (Wildman–Crippen MR) is 112 cm³/mol. The molecule has 0 aliphatic carbocycles. The van der Waals surface area contributed by atoms with Gasteiger partial charge in [0.25, 0.3) is 5.91 Å². The van der Waals surface area contributed by atoms with Gasteiger partial charge in [0.05, 0.1) is 18.5 Å². The van der Waals surface area contributed by atoms with E-state index in [9.17, 15) is 4.79 Å². The number of fused-ring (bicyclic) bond motifs is 2. The van der Waals surface area contributed by atoms with E-state index in [0.29, 0.717) is 36.1 Å². The molecule has 2 fully saturated rings. The molecule has 1 amide bonds. The van der Waals surface area contributed by atoms with Crippen molar-refractivity contribution in [1.82, 2.24) is 20.4 Å². The van der Waals surface area contributed by atoms with Crippen molar-refractivity contribution in [1.29, 1.82) is 0 Å². The van der Waals surface area contributed by atoms with Crippen LogP contribution in [0.2, 0.25) is 0 Å². The molecule has 2 aliphatic rings. The monoisotopic (exact) mass is 404 g/mol. The summed E-state index contributed by atoms with van der Waals surface area (Å²) in [4.78, 5) is 13.0. The summed E-state index contributed by atoms with van der Waals surface area (Å²) in [5, 5.41) is 11.3. The Balaban J connectivity index is 0.00000225. The van der Waals surface area contributed by atoms with Gasteiger partial charge in [0, 0.05) is 18.1 Å². The number of piperidine rings is 1. The lowest BCUT2D eigenvalue weighted by atomic mass is 10.00. The van der Waals surface area contributed by atoms with Crippen LogP contribution in [0.4, 0.5) is 0 Å². The molecule has 1 aromatic carbocycles. The Morgan fingerprint density at radius 2 is 1.93 bits per heavy atom. The first-order chi connectivity index (χ1) is 13.1. The Morgan fingerprint density at radius 3 is 2.57 bits per heavy atom. The van der Waals surface area contributed by atoms with Gasteiger partial charge in [0.1, 0.15) is 0 Å². The number of nitrogens with one attached hydrogen (secondary N) is 2. The van der Waals surface area contributed by atoms with Gasteiger partial charge in [-0.1, -0.05) is 32.0 Å². The van der Waals surface area contributed by atoms with Gasteiger partial charge in [-0.25, -0.2) is 4.68 Å². The fourth-order valence-corrected chi connectivity index (χ4v) is 4.02. The summed E-state index contributed by atoms with van der Waals surface area (Å²) in [6.45, 7) is 4.73. The van der Waals surface area contributed by atoms with Crippen LogP contribution in [0.25, 0.3) is 5.69 Å². The van der Waals surface area contributed by atoms with E-state index in [-0.39, 0.29) is 24.4 Å². The van der Waals surface area contributed by atoms with Crippen molar-refractivity contribution in [3.05, 3.63) is 42.2 Å². The standard InChI is InChI=1S/C21H28N4O2.ClH/c1-14(2)13-27-19-12-25(18-6-4-3-5-7-18)24-20(19)21(26)23-17-10-15-8-9-16(11-17)22-15;/h3-7,12,14-17,22H,8-11,13H2,1-2H3,(H,23,26);1H. The number of benzene rings is 1. The number of carbonyl (C=O) groups is 1. The maximum absolute atomic E-state index is 13.0. The second kappa shape index (κ2) is 8.97. The van der Waals surface area contributed by atoms with E-state index in [1.807, 2.05) is 30.3 Å². The Labute approximate surface area is 172 Å². The Morgan fingerprint density at radius 1 is 1.25 bits per heavy atom. The van der Waals surface area contributed by atoms with Crippen LogP contribution in [0, 0.1) is 5.92 Å². The maximum atomic E-state index is 13.0. The first-order valence-corrected chi connectivity index (χ1v) is 9.93. The lowest BCUT2D eigenvalue weighted by Gasteiger charge is -2.29. The summed E-state index contributed by atoms with van der Waals surface area (Å²) in [5.41, 5.74) is 1.27. The van der Waals surface area contributed by atoms with Gasteiger partial charge in [-0.2, -0.15) is 5.10 Å². The third-order valence-electron chi connectivity index (χ3n) is 5.30. The zero-order valence-corrected chi connectivity index (χ0v) is 17.2. The molecule has 0 spiro atoms. The molecule has 28 heavy (non-hydrogen) atoms. The molecular weight excluding hydrogens is 376 g/mol. The molecule has 3 heterocycles. The average Bonchev–Trinajstić information content (AvgIpc) is 3.24. The molecule has 2 bridgehead atoms. The minimum atomic E-state index is -0.144. The Kier molecular flexibility index (Phi) is 6.62. The molecule has 2 aromatic rings. The van der Waals surface area contributed by atoms with Gasteiger partial charge in [-0.15, -0.1) is 12.4 Å². The number of amides is 1. The number of nitrogens with zero attached hydrogens (tertiary/aromatic N) is 2. The molecule has 2 atom stereocenters. The number of halogens is 1. The molecule has 6 nitrogen and oxygen atoms in total. The molecular formula is C21H29ClN4O2. The Bertz CT molecular complexity index is 781. The first kappa shape index (κ1) is 20.7. The third-order valence-corrected chi connectivity index (χ3v) is 5.30. The predicted octanol–water partition coefficient (Wildman–Crippen LogP) is 3.34. The molecule has 2 saturated heterocycles. The van der Waals surface area contributed by atoms with E-state index in [1.165, 1.54) is 12.8 Å². The second-order valence-electron chi connectivity index (χ2n) is 8.11. The van der Waals surface area contributed by atoms with E-state index in [4.69, 9.17) is 4.74 Å². The van der Waals surface area contributed by atoms with Crippen LogP contribution in [-0.4, -0.2) is 40.4 Å². The van der Waals surface area contributed by atoms with Crippen molar-refractivity contribution in [3.63, 3.8) is 0 Å². The molecule has 152 valence electrons. The number of hydrogen-bond donors (Lipinski definition) is 2. The summed E-state index contributed by atoms with van der Waals surface area (Å²) in [6.07, 6.45) is 6.21. The van der Waals surface area contributed by atoms with E-state index >= 15 is 0 Å². The largest absolute Gasteiger partial charge is 0.489 e. The molecule has 0 saturated carbocycles. The van der Waals surface area contributed by atoms with Crippen molar-refractivity contribution in [2.75, 3.05) is 6.61 Å². The van der Waals surface area contributed by atoms with Crippen molar-refractivity contribution in [2.45, 2.75) is 57.7 Å². The number of rotatable bonds is 6. The molecule has 2 N–H and O–H groups in total. The van der Waals surface area contributed by atoms with Crippen LogP contribution in [0.1, 0.15) is 50.0 Å². The average molecular weight is 405 g/mol. The van der Waals surface area contributed by atoms with E-state index < -0.39 is 0 Å². The zero-order chi connectivity index (χ0) is 18.8. The lowest BCUT2D eigenvalue weighted by molar-refractivity contribution is 0.0913. The minimum Gasteiger partial charge on any atom is -0.489 e. The van der Waals surface area contributed by atoms with E-state index in [0.717, 1.165) is 18.5 Å². The fraction of sp³-hybridized carbons (Fsp3) is 0.524. The van der Waals surface area contributed by atoms with Gasteiger partial charge in [-0.05, 0) is 43.7 Å². The summed E-state index contributed by atoms with van der Waals surface area (Å²) >= 11 is 0. The molecule has 1 aromatic heterocycles. The van der Waals surface area contributed by atoms with Crippen molar-refractivity contribution < 1.29 is 9.53 Å². The van der Waals surface area contributed by atoms with Crippen molar-refractivity contribution in [2.24, 2.45) is 5.92 Å². The van der Waals surface area contributed by atoms with Gasteiger partial charge < -0.3 is 15.4 Å². The third kappa shape index (κ3) is 4.67. The maximum Gasteiger partial charge on any atom is 0.275 e. The van der Waals surface area contributed by atoms with Crippen LogP contribution in [-0.2, 0) is 0 Å². The number of aromatic nitrogens is 2. The normalized spacial score (nSPS) is 23.3. The van der Waals surface area contributed by atoms with Crippen LogP contribution >= 0.6 is 12.4 Å². The van der Waals surface area contributed by atoms with Gasteiger partial charge in [0.2, 0.25) is 0 Å². The summed E-state index contributed by atoms with van der Waals surface area (Å²) in [7, 11) is 0. The SMILES string of the molecule is CC(C)COc1cn(-c2ccccc2)nc1C(=O)NC1CC2CCC(C1)N2.Cl. The molecule has 7 heteroatoms. The highest BCUT2D eigenvalue weighted by atomic mass is 35.5. The van der Waals surface area contributed by atoms with E-state index in [1.54, 1.807) is 10.9 Å². The lowest BCUT2D eigenvalue weighted by Crippen LogP contribution is -2.48. The van der Waals surface area contributed by atoms with Crippen LogP contribution in [0.15, 0.2) is 36.5 Å². The van der Waals surface area contributed by atoms with E-state index in [2.05, 4.69) is 29.6 Å². The smallest absolute Gasteiger partial charge is 0.275 e. The molecule has 4 rings (SSSR count). The summed E-state index contributed by atoms with van der Waals surface area (Å²) in [6, 6.07) is 11.1. The number of para-hydroxylation sites is 1. The van der Waals surface area contributed by atoms with Gasteiger partial charge in [-0.3, -0.25) is 4.79 Å². The summed E-state index contributed by atoms with van der Waals surface area (Å²) in [5.74, 6) is 0.776. The second-order valence-corrected chi connectivity index (χ2v) is 8.11. The zero-order valence-electron chi connectivity index (χ0n) is 16.4. The first-order valence-electron chi connectivity index (χ1n) is 9.93. The molecule has 2 unspecified atom stereocenters. The highest BCUT2D eigenvalue weighted by Crippen LogP contribution is 2.27. The van der Waals surface area contributed by atoms with Crippen molar-refractivity contribution >= 4 is 18.3 Å². The van der Waals surface area contributed by atoms with Crippen LogP contribution < -0.4 is 15.4 Å². The minimum absolute atomic E-state index is 0. The van der Waals surface area contributed by atoms with Crippen LogP contribution in [0.3, 0.4) is 0 Å².